The van der Waals surface area contributed by atoms with Crippen LogP contribution in [0.25, 0.3) is 10.9 Å². The van der Waals surface area contributed by atoms with Crippen LogP contribution in [0.1, 0.15) is 13.8 Å². The zero-order chi connectivity index (χ0) is 13.1. The van der Waals surface area contributed by atoms with Gasteiger partial charge in [-0.05, 0) is 31.2 Å². The highest BCUT2D eigenvalue weighted by atomic mass is 35.5. The molecule has 0 bridgehead atoms. The van der Waals surface area contributed by atoms with Gasteiger partial charge in [-0.25, -0.2) is 0 Å². The fraction of sp³-hybridized carbons (Fsp3) is 0.286. The Balaban J connectivity index is 0.00000180. The van der Waals surface area contributed by atoms with E-state index in [1.165, 1.54) is 0 Å². The molecule has 0 radical (unpaired) electrons. The van der Waals surface area contributed by atoms with Crippen LogP contribution in [-0.4, -0.2) is 16.9 Å². The van der Waals surface area contributed by atoms with Crippen molar-refractivity contribution in [3.8, 4) is 0 Å². The van der Waals surface area contributed by atoms with Crippen LogP contribution in [0.2, 0.25) is 0 Å². The number of nitrogens with zero attached hydrogens (tertiary/aromatic N) is 1. The Hall–Kier alpha value is -1.36. The number of hydrogen-bond acceptors (Lipinski definition) is 3. The van der Waals surface area contributed by atoms with Gasteiger partial charge in [0.25, 0.3) is 0 Å². The van der Waals surface area contributed by atoms with Gasteiger partial charge in [0.2, 0.25) is 5.91 Å². The molecule has 0 saturated carbocycles. The minimum atomic E-state index is -0.225. The van der Waals surface area contributed by atoms with E-state index in [2.05, 4.69) is 10.3 Å². The zero-order valence-electron chi connectivity index (χ0n) is 11.4. The van der Waals surface area contributed by atoms with E-state index in [0.29, 0.717) is 0 Å². The van der Waals surface area contributed by atoms with Crippen molar-refractivity contribution in [1.82, 2.24) is 4.98 Å². The molecular weight excluding hydrogens is 297 g/mol. The van der Waals surface area contributed by atoms with Crippen LogP contribution < -0.4 is 11.1 Å². The number of carbonyl (C=O) groups excluding carboxylic acids is 1. The SMILES string of the molecule is CC(N)C(C)C(=O)Nc1cccc2ncccc12.Cl.Cl. The molecule has 4 nitrogen and oxygen atoms in total. The Bertz CT molecular complexity index is 570. The first-order valence-electron chi connectivity index (χ1n) is 6.00. The lowest BCUT2D eigenvalue weighted by atomic mass is 10.0. The van der Waals surface area contributed by atoms with Crippen molar-refractivity contribution in [3.05, 3.63) is 36.5 Å². The number of rotatable bonds is 3. The summed E-state index contributed by atoms with van der Waals surface area (Å²) in [5, 5.41) is 3.84. The fourth-order valence-corrected chi connectivity index (χ4v) is 1.70. The van der Waals surface area contributed by atoms with Crippen molar-refractivity contribution < 1.29 is 4.79 Å². The van der Waals surface area contributed by atoms with Gasteiger partial charge in [-0.15, -0.1) is 24.8 Å². The van der Waals surface area contributed by atoms with Crippen molar-refractivity contribution in [2.75, 3.05) is 5.32 Å². The van der Waals surface area contributed by atoms with E-state index in [9.17, 15) is 4.79 Å². The van der Waals surface area contributed by atoms with Gasteiger partial charge in [-0.1, -0.05) is 13.0 Å². The Morgan fingerprint density at radius 3 is 2.55 bits per heavy atom. The van der Waals surface area contributed by atoms with E-state index >= 15 is 0 Å². The highest BCUT2D eigenvalue weighted by Gasteiger charge is 2.17. The molecule has 0 fully saturated rings. The maximum absolute atomic E-state index is 12.0. The summed E-state index contributed by atoms with van der Waals surface area (Å²) in [6, 6.07) is 9.29. The lowest BCUT2D eigenvalue weighted by Gasteiger charge is -2.16. The summed E-state index contributed by atoms with van der Waals surface area (Å²) >= 11 is 0. The molecule has 2 atom stereocenters. The van der Waals surface area contributed by atoms with E-state index < -0.39 is 0 Å². The van der Waals surface area contributed by atoms with Crippen LogP contribution in [0.3, 0.4) is 0 Å². The molecule has 20 heavy (non-hydrogen) atoms. The molecule has 0 aliphatic carbocycles. The van der Waals surface area contributed by atoms with Crippen molar-refractivity contribution in [2.24, 2.45) is 11.7 Å². The molecule has 1 amide bonds. The summed E-state index contributed by atoms with van der Waals surface area (Å²) in [6.07, 6.45) is 1.73. The zero-order valence-corrected chi connectivity index (χ0v) is 13.0. The number of fused-ring (bicyclic) bond motifs is 1. The van der Waals surface area contributed by atoms with Crippen molar-refractivity contribution in [3.63, 3.8) is 0 Å². The number of nitrogens with two attached hydrogens (primary N) is 1. The van der Waals surface area contributed by atoms with Gasteiger partial charge >= 0.3 is 0 Å². The van der Waals surface area contributed by atoms with Gasteiger partial charge in [0.15, 0.2) is 0 Å². The Morgan fingerprint density at radius 1 is 1.20 bits per heavy atom. The van der Waals surface area contributed by atoms with E-state index in [1.54, 1.807) is 6.20 Å². The van der Waals surface area contributed by atoms with Gasteiger partial charge in [0.1, 0.15) is 0 Å². The number of amides is 1. The summed E-state index contributed by atoms with van der Waals surface area (Å²) in [5.74, 6) is -0.293. The number of carbonyl (C=O) groups is 1. The first-order chi connectivity index (χ1) is 8.59. The Kier molecular flexibility index (Phi) is 7.50. The third kappa shape index (κ3) is 4.07. The predicted molar refractivity (Wildman–Crippen MR) is 87.7 cm³/mol. The number of anilines is 1. The van der Waals surface area contributed by atoms with Gasteiger partial charge in [-0.2, -0.15) is 0 Å². The topological polar surface area (TPSA) is 68.0 Å². The van der Waals surface area contributed by atoms with E-state index in [1.807, 2.05) is 44.2 Å². The van der Waals surface area contributed by atoms with Crippen molar-refractivity contribution in [1.29, 1.82) is 0 Å². The second kappa shape index (κ2) is 8.04. The largest absolute Gasteiger partial charge is 0.327 e. The highest BCUT2D eigenvalue weighted by molar-refractivity contribution is 6.01. The minimum absolute atomic E-state index is 0. The number of benzene rings is 1. The second-order valence-electron chi connectivity index (χ2n) is 4.51. The van der Waals surface area contributed by atoms with E-state index in [4.69, 9.17) is 5.73 Å². The maximum atomic E-state index is 12.0. The molecule has 1 heterocycles. The number of pyridine rings is 1. The smallest absolute Gasteiger partial charge is 0.228 e. The molecule has 3 N–H and O–H groups in total. The van der Waals surface area contributed by atoms with Crippen LogP contribution in [0.15, 0.2) is 36.5 Å². The van der Waals surface area contributed by atoms with Gasteiger partial charge < -0.3 is 11.1 Å². The Labute approximate surface area is 131 Å². The summed E-state index contributed by atoms with van der Waals surface area (Å²) in [6.45, 7) is 3.65. The normalized spacial score (nSPS) is 12.8. The molecule has 0 aliphatic rings. The highest BCUT2D eigenvalue weighted by Crippen LogP contribution is 2.21. The molecule has 0 spiro atoms. The summed E-state index contributed by atoms with van der Waals surface area (Å²) in [7, 11) is 0. The molecular formula is C14H19Cl2N3O. The summed E-state index contributed by atoms with van der Waals surface area (Å²) in [5.41, 5.74) is 7.37. The molecule has 6 heteroatoms. The molecule has 0 aliphatic heterocycles. The van der Waals surface area contributed by atoms with E-state index in [-0.39, 0.29) is 42.7 Å². The third-order valence-electron chi connectivity index (χ3n) is 3.11. The van der Waals surface area contributed by atoms with Crippen LogP contribution in [0.4, 0.5) is 5.69 Å². The predicted octanol–water partition coefficient (Wildman–Crippen LogP) is 3.00. The average Bonchev–Trinajstić information content (AvgIpc) is 2.38. The monoisotopic (exact) mass is 315 g/mol. The Morgan fingerprint density at radius 2 is 1.90 bits per heavy atom. The van der Waals surface area contributed by atoms with Gasteiger partial charge in [0.05, 0.1) is 17.1 Å². The van der Waals surface area contributed by atoms with Crippen LogP contribution >= 0.6 is 24.8 Å². The molecule has 2 aromatic rings. The number of hydrogen-bond donors (Lipinski definition) is 2. The lowest BCUT2D eigenvalue weighted by Crippen LogP contribution is -2.34. The molecule has 0 saturated heterocycles. The van der Waals surface area contributed by atoms with Gasteiger partial charge in [-0.3, -0.25) is 9.78 Å². The molecule has 2 rings (SSSR count). The number of nitrogens with one attached hydrogen (secondary N) is 1. The standard InChI is InChI=1S/C14H17N3O.2ClH/c1-9(10(2)15)14(18)17-13-7-3-6-12-11(13)5-4-8-16-12;;/h3-10H,15H2,1-2H3,(H,17,18);2*1H. The van der Waals surface area contributed by atoms with Crippen LogP contribution in [0.5, 0.6) is 0 Å². The third-order valence-corrected chi connectivity index (χ3v) is 3.11. The quantitative estimate of drug-likeness (QED) is 0.914. The average molecular weight is 316 g/mol. The van der Waals surface area contributed by atoms with Crippen molar-refractivity contribution in [2.45, 2.75) is 19.9 Å². The first-order valence-corrected chi connectivity index (χ1v) is 6.00. The van der Waals surface area contributed by atoms with Gasteiger partial charge in [0, 0.05) is 17.6 Å². The summed E-state index contributed by atoms with van der Waals surface area (Å²) in [4.78, 5) is 16.2. The minimum Gasteiger partial charge on any atom is -0.327 e. The number of halogens is 2. The number of aromatic nitrogens is 1. The first kappa shape index (κ1) is 18.6. The van der Waals surface area contributed by atoms with E-state index in [0.717, 1.165) is 16.6 Å². The van der Waals surface area contributed by atoms with Crippen LogP contribution in [0, 0.1) is 5.92 Å². The molecule has 110 valence electrons. The maximum Gasteiger partial charge on any atom is 0.228 e. The summed E-state index contributed by atoms with van der Waals surface area (Å²) < 4.78 is 0. The lowest BCUT2D eigenvalue weighted by molar-refractivity contribution is -0.119. The molecule has 2 unspecified atom stereocenters. The second-order valence-corrected chi connectivity index (χ2v) is 4.51. The molecule has 1 aromatic heterocycles. The molecule has 1 aromatic carbocycles. The van der Waals surface area contributed by atoms with Crippen molar-refractivity contribution >= 4 is 47.3 Å². The van der Waals surface area contributed by atoms with Crippen LogP contribution in [-0.2, 0) is 4.79 Å². The fourth-order valence-electron chi connectivity index (χ4n) is 1.70.